The summed E-state index contributed by atoms with van der Waals surface area (Å²) >= 11 is 15.8. The molecule has 11 heteroatoms. The van der Waals surface area contributed by atoms with Crippen LogP contribution >= 0.6 is 39.1 Å². The fourth-order valence-electron chi connectivity index (χ4n) is 3.62. The molecule has 0 unspecified atom stereocenters. The SMILES string of the molecule is CC(C)(C)c1nc2ccc(Br)cc2c(=O)n1N=Cc1cc(Cl)cc([N+](=O)[O-])c1OCc1ccccc1Cl. The third-order valence-electron chi connectivity index (χ3n) is 5.38. The van der Waals surface area contributed by atoms with Crippen molar-refractivity contribution in [2.75, 3.05) is 0 Å². The van der Waals surface area contributed by atoms with Crippen molar-refractivity contribution in [3.8, 4) is 5.75 Å². The highest BCUT2D eigenvalue weighted by Crippen LogP contribution is 2.35. The Labute approximate surface area is 230 Å². The molecular weight excluding hydrogens is 583 g/mol. The van der Waals surface area contributed by atoms with E-state index < -0.39 is 10.3 Å². The molecule has 0 amide bonds. The molecule has 1 aromatic heterocycles. The minimum atomic E-state index is -0.590. The first kappa shape index (κ1) is 26.8. The molecule has 3 aromatic carbocycles. The maximum Gasteiger partial charge on any atom is 0.313 e. The Morgan fingerprint density at radius 2 is 1.89 bits per heavy atom. The molecule has 4 rings (SSSR count). The van der Waals surface area contributed by atoms with Crippen molar-refractivity contribution in [1.29, 1.82) is 0 Å². The summed E-state index contributed by atoms with van der Waals surface area (Å²) in [7, 11) is 0. The van der Waals surface area contributed by atoms with E-state index in [9.17, 15) is 14.9 Å². The Morgan fingerprint density at radius 3 is 2.57 bits per heavy atom. The third-order valence-corrected chi connectivity index (χ3v) is 6.46. The van der Waals surface area contributed by atoms with E-state index in [-0.39, 0.29) is 34.2 Å². The van der Waals surface area contributed by atoms with Crippen LogP contribution in [0.3, 0.4) is 0 Å². The summed E-state index contributed by atoms with van der Waals surface area (Å²) in [5, 5.41) is 17.2. The first-order chi connectivity index (χ1) is 17.5. The molecule has 0 spiro atoms. The van der Waals surface area contributed by atoms with Crippen LogP contribution in [0.25, 0.3) is 10.9 Å². The molecule has 4 aromatic rings. The van der Waals surface area contributed by atoms with Gasteiger partial charge in [0.25, 0.3) is 5.56 Å². The van der Waals surface area contributed by atoms with Gasteiger partial charge in [0.1, 0.15) is 12.4 Å². The van der Waals surface area contributed by atoms with Gasteiger partial charge in [0.05, 0.1) is 22.0 Å². The van der Waals surface area contributed by atoms with E-state index in [0.29, 0.717) is 27.3 Å². The smallest absolute Gasteiger partial charge is 0.313 e. The topological polar surface area (TPSA) is 99.6 Å². The molecule has 37 heavy (non-hydrogen) atoms. The number of halogens is 3. The lowest BCUT2D eigenvalue weighted by atomic mass is 9.95. The van der Waals surface area contributed by atoms with Crippen LogP contribution in [0.5, 0.6) is 5.75 Å². The fraction of sp³-hybridized carbons (Fsp3) is 0.192. The van der Waals surface area contributed by atoms with Gasteiger partial charge in [0.2, 0.25) is 5.75 Å². The highest BCUT2D eigenvalue weighted by Gasteiger charge is 2.24. The van der Waals surface area contributed by atoms with Crippen molar-refractivity contribution < 1.29 is 9.66 Å². The van der Waals surface area contributed by atoms with Crippen LogP contribution in [0.15, 0.2) is 69.0 Å². The quantitative estimate of drug-likeness (QED) is 0.133. The Balaban J connectivity index is 1.87. The van der Waals surface area contributed by atoms with Crippen molar-refractivity contribution >= 4 is 61.9 Å². The number of aromatic nitrogens is 2. The van der Waals surface area contributed by atoms with Crippen LogP contribution in [0, 0.1) is 10.1 Å². The normalized spacial score (nSPS) is 11.8. The minimum Gasteiger partial charge on any atom is -0.481 e. The Bertz CT molecular complexity index is 1610. The second kappa shape index (κ2) is 10.6. The van der Waals surface area contributed by atoms with E-state index in [4.69, 9.17) is 27.9 Å². The molecule has 0 bridgehead atoms. The fourth-order valence-corrected chi connectivity index (χ4v) is 4.39. The van der Waals surface area contributed by atoms with Gasteiger partial charge in [-0.05, 0) is 30.3 Å². The predicted octanol–water partition coefficient (Wildman–Crippen LogP) is 7.13. The Morgan fingerprint density at radius 1 is 1.16 bits per heavy atom. The highest BCUT2D eigenvalue weighted by molar-refractivity contribution is 9.10. The van der Waals surface area contributed by atoms with Crippen molar-refractivity contribution in [2.45, 2.75) is 32.8 Å². The lowest BCUT2D eigenvalue weighted by Crippen LogP contribution is -2.29. The van der Waals surface area contributed by atoms with E-state index in [1.165, 1.54) is 23.0 Å². The number of hydrogen-bond donors (Lipinski definition) is 0. The number of nitrogens with zero attached hydrogens (tertiary/aromatic N) is 4. The number of rotatable bonds is 6. The summed E-state index contributed by atoms with van der Waals surface area (Å²) < 4.78 is 7.78. The number of ether oxygens (including phenoxy) is 1. The van der Waals surface area contributed by atoms with E-state index in [1.54, 1.807) is 36.4 Å². The molecule has 0 aliphatic carbocycles. The van der Waals surface area contributed by atoms with Gasteiger partial charge in [-0.1, -0.05) is 78.1 Å². The van der Waals surface area contributed by atoms with Gasteiger partial charge in [0.15, 0.2) is 0 Å². The summed E-state index contributed by atoms with van der Waals surface area (Å²) in [6.45, 7) is 5.71. The van der Waals surface area contributed by atoms with Gasteiger partial charge in [-0.25, -0.2) is 4.98 Å². The summed E-state index contributed by atoms with van der Waals surface area (Å²) in [5.41, 5.74) is 0.125. The molecule has 0 N–H and O–H groups in total. The molecule has 0 saturated heterocycles. The maximum absolute atomic E-state index is 13.5. The number of nitro benzene ring substituents is 1. The second-order valence-corrected chi connectivity index (χ2v) is 10.9. The van der Waals surface area contributed by atoms with Gasteiger partial charge < -0.3 is 4.74 Å². The molecule has 0 radical (unpaired) electrons. The molecule has 0 atom stereocenters. The lowest BCUT2D eigenvalue weighted by Gasteiger charge is -2.21. The van der Waals surface area contributed by atoms with Gasteiger partial charge >= 0.3 is 5.69 Å². The molecule has 0 saturated carbocycles. The third kappa shape index (κ3) is 5.84. The standard InChI is InChI=1S/C26H21BrCl2N4O4/c1-26(2,3)25-31-21-9-8-17(27)11-19(21)24(34)32(25)30-13-16-10-18(28)12-22(33(35)36)23(16)37-14-15-6-4-5-7-20(15)29/h4-13H,14H2,1-3H3. The molecule has 1 heterocycles. The van der Waals surface area contributed by atoms with Gasteiger partial charge in [-0.15, -0.1) is 0 Å². The van der Waals surface area contributed by atoms with Crippen molar-refractivity contribution in [3.63, 3.8) is 0 Å². The molecular formula is C26H21BrCl2N4O4. The van der Waals surface area contributed by atoms with Crippen LogP contribution < -0.4 is 10.3 Å². The Kier molecular flexibility index (Phi) is 7.68. The van der Waals surface area contributed by atoms with Gasteiger partial charge in [-0.2, -0.15) is 9.78 Å². The molecule has 0 fully saturated rings. The summed E-state index contributed by atoms with van der Waals surface area (Å²) in [4.78, 5) is 29.4. The van der Waals surface area contributed by atoms with E-state index in [1.807, 2.05) is 26.8 Å². The van der Waals surface area contributed by atoms with E-state index in [0.717, 1.165) is 4.47 Å². The van der Waals surface area contributed by atoms with Crippen molar-refractivity contribution in [2.24, 2.45) is 5.10 Å². The van der Waals surface area contributed by atoms with Crippen LogP contribution in [0.4, 0.5) is 5.69 Å². The summed E-state index contributed by atoms with van der Waals surface area (Å²) in [5.74, 6) is 0.360. The van der Waals surface area contributed by atoms with Crippen LogP contribution in [0.1, 0.15) is 37.7 Å². The zero-order valence-corrected chi connectivity index (χ0v) is 23.1. The first-order valence-electron chi connectivity index (χ1n) is 11.1. The average molecular weight is 604 g/mol. The van der Waals surface area contributed by atoms with Gasteiger partial charge in [-0.3, -0.25) is 14.9 Å². The van der Waals surface area contributed by atoms with E-state index in [2.05, 4.69) is 26.0 Å². The van der Waals surface area contributed by atoms with Crippen molar-refractivity contribution in [3.05, 3.63) is 107 Å². The highest BCUT2D eigenvalue weighted by atomic mass is 79.9. The Hall–Kier alpha value is -3.27. The maximum atomic E-state index is 13.5. The van der Waals surface area contributed by atoms with Crippen LogP contribution in [-0.2, 0) is 12.0 Å². The monoisotopic (exact) mass is 602 g/mol. The van der Waals surface area contributed by atoms with Crippen LogP contribution in [-0.4, -0.2) is 20.8 Å². The van der Waals surface area contributed by atoms with E-state index >= 15 is 0 Å². The number of nitro groups is 1. The minimum absolute atomic E-state index is 0.0261. The first-order valence-corrected chi connectivity index (χ1v) is 12.6. The zero-order chi connectivity index (χ0) is 26.9. The molecule has 8 nitrogen and oxygen atoms in total. The number of fused-ring (bicyclic) bond motifs is 1. The number of hydrogen-bond acceptors (Lipinski definition) is 6. The molecule has 190 valence electrons. The van der Waals surface area contributed by atoms with Crippen molar-refractivity contribution in [1.82, 2.24) is 9.66 Å². The largest absolute Gasteiger partial charge is 0.481 e. The summed E-state index contributed by atoms with van der Waals surface area (Å²) in [6, 6.07) is 14.9. The lowest BCUT2D eigenvalue weighted by molar-refractivity contribution is -0.385. The molecule has 0 aliphatic heterocycles. The predicted molar refractivity (Wildman–Crippen MR) is 149 cm³/mol. The van der Waals surface area contributed by atoms with Gasteiger partial charge in [0, 0.05) is 37.1 Å². The van der Waals surface area contributed by atoms with Crippen LogP contribution in [0.2, 0.25) is 10.0 Å². The number of benzene rings is 3. The second-order valence-electron chi connectivity index (χ2n) is 9.19. The average Bonchev–Trinajstić information content (AvgIpc) is 2.83. The molecule has 0 aliphatic rings. The zero-order valence-electron chi connectivity index (χ0n) is 20.0. The summed E-state index contributed by atoms with van der Waals surface area (Å²) in [6.07, 6.45) is 1.31.